The molecule has 11 aromatic carbocycles. The molecule has 1 nitrogen and oxygen atoms in total. The number of hydrogen-bond acceptors (Lipinski definition) is 1. The smallest absolute Gasteiger partial charge is 0.0713 e. The summed E-state index contributed by atoms with van der Waals surface area (Å²) in [6.45, 7) is 2.39. The third-order valence-corrected chi connectivity index (χ3v) is 15.0. The monoisotopic (exact) mass is 865 g/mol. The van der Waals surface area contributed by atoms with Gasteiger partial charge in [0.25, 0.3) is 0 Å². The van der Waals surface area contributed by atoms with Crippen molar-refractivity contribution in [3.05, 3.63) is 306 Å². The standard InChI is InChI=1S/C67H47N/c1-66(51-20-5-2-6-21-51)61-29-15-13-27-57(61)59-42-36-49(44-63(59)66)46-32-38-54(39-33-46)68(65-31-17-19-48-18-11-12-26-56(48)65)55-40-34-47(35-41-55)50-37-43-60-58-28-14-16-30-62(58)67(64(60)45-50,52-22-7-3-8-23-52)53-24-9-4-10-25-53/h2-45H,1H3. The Bertz CT molecular complexity index is 3620. The summed E-state index contributed by atoms with van der Waals surface area (Å²) in [5.41, 5.74) is 21.8. The van der Waals surface area contributed by atoms with Crippen LogP contribution < -0.4 is 4.90 Å². The SMILES string of the molecule is CC1(c2ccccc2)c2ccccc2-c2ccc(-c3ccc(N(c4ccc(-c5ccc6c(c5)C(c5ccccc5)(c5ccccc5)c5ccccc5-6)cc4)c4cccc5ccccc45)cc3)cc21. The molecule has 0 radical (unpaired) electrons. The van der Waals surface area contributed by atoms with Gasteiger partial charge in [0.2, 0.25) is 0 Å². The largest absolute Gasteiger partial charge is 0.310 e. The molecule has 320 valence electrons. The summed E-state index contributed by atoms with van der Waals surface area (Å²) in [5, 5.41) is 2.42. The van der Waals surface area contributed by atoms with Crippen molar-refractivity contribution in [3.63, 3.8) is 0 Å². The molecule has 0 saturated carbocycles. The molecule has 2 aliphatic carbocycles. The minimum absolute atomic E-state index is 0.252. The Morgan fingerprint density at radius 3 is 1.32 bits per heavy atom. The molecule has 11 aromatic rings. The van der Waals surface area contributed by atoms with Crippen LogP contribution in [0.15, 0.2) is 267 Å². The first-order valence-corrected chi connectivity index (χ1v) is 23.7. The molecule has 0 bridgehead atoms. The van der Waals surface area contributed by atoms with E-state index in [9.17, 15) is 0 Å². The third kappa shape index (κ3) is 6.02. The molecule has 0 saturated heterocycles. The van der Waals surface area contributed by atoms with E-state index in [1.165, 1.54) is 94.2 Å². The second kappa shape index (κ2) is 15.8. The Morgan fingerprint density at radius 2 is 0.721 bits per heavy atom. The van der Waals surface area contributed by atoms with Gasteiger partial charge in [-0.15, -0.1) is 0 Å². The first-order chi connectivity index (χ1) is 33.6. The van der Waals surface area contributed by atoms with Crippen molar-refractivity contribution in [2.75, 3.05) is 4.90 Å². The van der Waals surface area contributed by atoms with E-state index >= 15 is 0 Å². The van der Waals surface area contributed by atoms with Crippen LogP contribution in [0.4, 0.5) is 17.1 Å². The Morgan fingerprint density at radius 1 is 0.294 bits per heavy atom. The van der Waals surface area contributed by atoms with Crippen LogP contribution in [0, 0.1) is 0 Å². The summed E-state index contributed by atoms with van der Waals surface area (Å²) in [4.78, 5) is 2.41. The summed E-state index contributed by atoms with van der Waals surface area (Å²) in [5.74, 6) is 0. The highest BCUT2D eigenvalue weighted by Gasteiger charge is 2.46. The van der Waals surface area contributed by atoms with Gasteiger partial charge in [-0.2, -0.15) is 0 Å². The van der Waals surface area contributed by atoms with Crippen LogP contribution in [0.3, 0.4) is 0 Å². The predicted molar refractivity (Wildman–Crippen MR) is 284 cm³/mol. The van der Waals surface area contributed by atoms with Gasteiger partial charge in [0, 0.05) is 22.2 Å². The number of fused-ring (bicyclic) bond motifs is 7. The van der Waals surface area contributed by atoms with Crippen LogP contribution in [0.1, 0.15) is 45.9 Å². The Kier molecular flexibility index (Phi) is 9.27. The topological polar surface area (TPSA) is 3.24 Å². The molecule has 68 heavy (non-hydrogen) atoms. The highest BCUT2D eigenvalue weighted by atomic mass is 15.1. The average molecular weight is 866 g/mol. The van der Waals surface area contributed by atoms with Crippen molar-refractivity contribution in [1.82, 2.24) is 0 Å². The van der Waals surface area contributed by atoms with Crippen molar-refractivity contribution in [2.24, 2.45) is 0 Å². The highest BCUT2D eigenvalue weighted by Crippen LogP contribution is 2.57. The predicted octanol–water partition coefficient (Wildman–Crippen LogP) is 17.3. The maximum atomic E-state index is 2.45. The van der Waals surface area contributed by atoms with Gasteiger partial charge >= 0.3 is 0 Å². The van der Waals surface area contributed by atoms with Crippen molar-refractivity contribution in [1.29, 1.82) is 0 Å². The van der Waals surface area contributed by atoms with E-state index in [0.29, 0.717) is 0 Å². The minimum atomic E-state index is -0.450. The number of anilines is 3. The number of rotatable bonds is 8. The summed E-state index contributed by atoms with van der Waals surface area (Å²) in [7, 11) is 0. The first-order valence-electron chi connectivity index (χ1n) is 23.7. The first kappa shape index (κ1) is 39.8. The molecule has 0 aromatic heterocycles. The fourth-order valence-corrected chi connectivity index (χ4v) is 11.8. The summed E-state index contributed by atoms with van der Waals surface area (Å²) < 4.78 is 0. The zero-order valence-corrected chi connectivity index (χ0v) is 37.9. The molecule has 0 N–H and O–H groups in total. The molecule has 1 heteroatoms. The van der Waals surface area contributed by atoms with Gasteiger partial charge < -0.3 is 4.90 Å². The van der Waals surface area contributed by atoms with Crippen molar-refractivity contribution < 1.29 is 0 Å². The molecule has 13 rings (SSSR count). The van der Waals surface area contributed by atoms with Crippen LogP contribution in [-0.2, 0) is 10.8 Å². The van der Waals surface area contributed by atoms with E-state index in [1.54, 1.807) is 0 Å². The van der Waals surface area contributed by atoms with Gasteiger partial charge in [0.1, 0.15) is 0 Å². The fraction of sp³-hybridized carbons (Fsp3) is 0.0448. The summed E-state index contributed by atoms with van der Waals surface area (Å²) >= 11 is 0. The van der Waals surface area contributed by atoms with Crippen molar-refractivity contribution in [3.8, 4) is 44.5 Å². The molecule has 0 heterocycles. The van der Waals surface area contributed by atoms with Crippen molar-refractivity contribution in [2.45, 2.75) is 17.8 Å². The van der Waals surface area contributed by atoms with Gasteiger partial charge in [-0.05, 0) is 138 Å². The molecule has 1 unspecified atom stereocenters. The lowest BCUT2D eigenvalue weighted by Gasteiger charge is -2.34. The molecule has 0 fully saturated rings. The Labute approximate surface area is 398 Å². The molecule has 2 aliphatic rings. The highest BCUT2D eigenvalue weighted by molar-refractivity contribution is 5.99. The van der Waals surface area contributed by atoms with E-state index in [-0.39, 0.29) is 5.41 Å². The zero-order valence-electron chi connectivity index (χ0n) is 37.9. The van der Waals surface area contributed by atoms with Gasteiger partial charge in [-0.1, -0.05) is 224 Å². The van der Waals surface area contributed by atoms with Crippen LogP contribution in [-0.4, -0.2) is 0 Å². The second-order valence-corrected chi connectivity index (χ2v) is 18.5. The quantitative estimate of drug-likeness (QED) is 0.147. The Hall–Kier alpha value is -8.52. The molecular formula is C67H47N. The molecule has 0 amide bonds. The lowest BCUT2D eigenvalue weighted by atomic mass is 9.67. The van der Waals surface area contributed by atoms with Crippen LogP contribution >= 0.6 is 0 Å². The normalized spacial score (nSPS) is 15.0. The summed E-state index contributed by atoms with van der Waals surface area (Å²) in [6.07, 6.45) is 0. The Balaban J connectivity index is 0.902. The zero-order chi connectivity index (χ0) is 45.2. The minimum Gasteiger partial charge on any atom is -0.310 e. The third-order valence-electron chi connectivity index (χ3n) is 15.0. The second-order valence-electron chi connectivity index (χ2n) is 18.5. The van der Waals surface area contributed by atoms with Crippen LogP contribution in [0.5, 0.6) is 0 Å². The summed E-state index contributed by atoms with van der Waals surface area (Å²) in [6, 6.07) is 98.8. The molecular weight excluding hydrogens is 819 g/mol. The van der Waals surface area contributed by atoms with Crippen LogP contribution in [0.25, 0.3) is 55.3 Å². The lowest BCUT2D eigenvalue weighted by Crippen LogP contribution is -2.28. The number of hydrogen-bond donors (Lipinski definition) is 0. The van der Waals surface area contributed by atoms with Gasteiger partial charge in [0.05, 0.1) is 11.1 Å². The van der Waals surface area contributed by atoms with E-state index in [4.69, 9.17) is 0 Å². The number of benzene rings is 11. The average Bonchev–Trinajstić information content (AvgIpc) is 3.86. The van der Waals surface area contributed by atoms with Crippen molar-refractivity contribution >= 4 is 27.8 Å². The fourth-order valence-electron chi connectivity index (χ4n) is 11.8. The van der Waals surface area contributed by atoms with E-state index < -0.39 is 5.41 Å². The maximum Gasteiger partial charge on any atom is 0.0713 e. The van der Waals surface area contributed by atoms with E-state index in [2.05, 4.69) is 279 Å². The number of nitrogens with zero attached hydrogens (tertiary/aromatic N) is 1. The van der Waals surface area contributed by atoms with E-state index in [1.807, 2.05) is 0 Å². The molecule has 0 aliphatic heterocycles. The lowest BCUT2D eigenvalue weighted by molar-refractivity contribution is 0.714. The van der Waals surface area contributed by atoms with Crippen LogP contribution in [0.2, 0.25) is 0 Å². The maximum absolute atomic E-state index is 2.45. The van der Waals surface area contributed by atoms with Gasteiger partial charge in [-0.3, -0.25) is 0 Å². The van der Waals surface area contributed by atoms with Gasteiger partial charge in [0.15, 0.2) is 0 Å². The van der Waals surface area contributed by atoms with E-state index in [0.717, 1.165) is 17.1 Å². The molecule has 0 spiro atoms. The van der Waals surface area contributed by atoms with Gasteiger partial charge in [-0.25, -0.2) is 0 Å². The molecule has 1 atom stereocenters.